The minimum Gasteiger partial charge on any atom is -0.468 e. The van der Waals surface area contributed by atoms with Crippen LogP contribution in [0.15, 0.2) is 48.5 Å². The summed E-state index contributed by atoms with van der Waals surface area (Å²) < 4.78 is 4.96. The normalized spacial score (nSPS) is 19.9. The predicted octanol–water partition coefficient (Wildman–Crippen LogP) is 3.60. The van der Waals surface area contributed by atoms with Crippen LogP contribution in [-0.4, -0.2) is 24.1 Å². The highest BCUT2D eigenvalue weighted by atomic mass is 35.5. The van der Waals surface area contributed by atoms with Gasteiger partial charge in [0.2, 0.25) is 0 Å². The van der Waals surface area contributed by atoms with E-state index >= 15 is 0 Å². The van der Waals surface area contributed by atoms with Crippen LogP contribution >= 0.6 is 11.6 Å². The van der Waals surface area contributed by atoms with Crippen molar-refractivity contribution in [2.75, 3.05) is 7.11 Å². The Morgan fingerprint density at radius 2 is 1.92 bits per heavy atom. The second-order valence-corrected chi connectivity index (χ2v) is 6.43. The van der Waals surface area contributed by atoms with Gasteiger partial charge >= 0.3 is 5.97 Å². The van der Waals surface area contributed by atoms with Crippen molar-refractivity contribution in [2.24, 2.45) is 0 Å². The third-order valence-electron chi connectivity index (χ3n) is 4.60. The molecule has 0 fully saturated rings. The van der Waals surface area contributed by atoms with Crippen LogP contribution in [0.5, 0.6) is 0 Å². The van der Waals surface area contributed by atoms with Crippen LogP contribution in [0.1, 0.15) is 22.9 Å². The molecule has 2 atom stereocenters. The Kier molecular flexibility index (Phi) is 3.79. The molecule has 2 heterocycles. The standard InChI is InChI=1S/C19H17ClN2O2/c1-24-19(23)16-10-14-13-4-2-3-5-15(13)21-18(14)17(22-16)11-6-8-12(20)9-7-11/h2-9,16-17,21-22H,10H2,1H3/t16-,17+/m0/s1. The van der Waals surface area contributed by atoms with Gasteiger partial charge in [0.1, 0.15) is 6.04 Å². The smallest absolute Gasteiger partial charge is 0.323 e. The number of H-pyrrole nitrogens is 1. The van der Waals surface area contributed by atoms with Crippen molar-refractivity contribution < 1.29 is 9.53 Å². The molecule has 2 aromatic carbocycles. The molecule has 0 aliphatic carbocycles. The molecule has 4 nitrogen and oxygen atoms in total. The highest BCUT2D eigenvalue weighted by Gasteiger charge is 2.34. The van der Waals surface area contributed by atoms with Gasteiger partial charge in [-0.2, -0.15) is 0 Å². The van der Waals surface area contributed by atoms with Gasteiger partial charge in [0, 0.05) is 28.0 Å². The molecule has 0 amide bonds. The summed E-state index contributed by atoms with van der Waals surface area (Å²) in [5, 5.41) is 5.25. The summed E-state index contributed by atoms with van der Waals surface area (Å²) in [6.45, 7) is 0. The number of benzene rings is 2. The van der Waals surface area contributed by atoms with E-state index in [1.54, 1.807) is 0 Å². The Balaban J connectivity index is 1.86. The summed E-state index contributed by atoms with van der Waals surface area (Å²) in [6.07, 6.45) is 0.607. The number of carbonyl (C=O) groups excluding carboxylic acids is 1. The van der Waals surface area contributed by atoms with Crippen LogP contribution in [0.25, 0.3) is 10.9 Å². The predicted molar refractivity (Wildman–Crippen MR) is 94.2 cm³/mol. The van der Waals surface area contributed by atoms with E-state index in [0.717, 1.165) is 22.2 Å². The number of hydrogen-bond donors (Lipinski definition) is 2. The minimum absolute atomic E-state index is 0.109. The summed E-state index contributed by atoms with van der Waals surface area (Å²) in [7, 11) is 1.42. The molecule has 0 bridgehead atoms. The Morgan fingerprint density at radius 1 is 1.17 bits per heavy atom. The van der Waals surface area contributed by atoms with E-state index in [1.165, 1.54) is 12.7 Å². The van der Waals surface area contributed by atoms with Crippen molar-refractivity contribution >= 4 is 28.5 Å². The second-order valence-electron chi connectivity index (χ2n) is 5.99. The molecule has 0 radical (unpaired) electrons. The van der Waals surface area contributed by atoms with Gasteiger partial charge < -0.3 is 9.72 Å². The zero-order valence-electron chi connectivity index (χ0n) is 13.2. The van der Waals surface area contributed by atoms with E-state index in [-0.39, 0.29) is 18.1 Å². The number of carbonyl (C=O) groups is 1. The van der Waals surface area contributed by atoms with Gasteiger partial charge in [-0.1, -0.05) is 41.9 Å². The number of ether oxygens (including phenoxy) is 1. The first-order valence-electron chi connectivity index (χ1n) is 7.86. The first kappa shape index (κ1) is 15.2. The molecule has 0 saturated carbocycles. The maximum atomic E-state index is 12.1. The molecule has 1 aromatic heterocycles. The topological polar surface area (TPSA) is 54.1 Å². The lowest BCUT2D eigenvalue weighted by Gasteiger charge is -2.30. The van der Waals surface area contributed by atoms with Gasteiger partial charge in [0.15, 0.2) is 0 Å². The van der Waals surface area contributed by atoms with Crippen LogP contribution in [0, 0.1) is 0 Å². The number of rotatable bonds is 2. The summed E-state index contributed by atoms with van der Waals surface area (Å²) in [5.74, 6) is -0.245. The zero-order chi connectivity index (χ0) is 16.7. The molecule has 122 valence electrons. The van der Waals surface area contributed by atoms with Crippen LogP contribution in [0.4, 0.5) is 0 Å². The van der Waals surface area contributed by atoms with Crippen molar-refractivity contribution in [1.29, 1.82) is 0 Å². The van der Waals surface area contributed by atoms with Gasteiger partial charge in [0.05, 0.1) is 13.2 Å². The van der Waals surface area contributed by atoms with E-state index in [2.05, 4.69) is 22.4 Å². The average Bonchev–Trinajstić information content (AvgIpc) is 2.99. The molecule has 0 unspecified atom stereocenters. The highest BCUT2D eigenvalue weighted by molar-refractivity contribution is 6.30. The summed E-state index contributed by atoms with van der Waals surface area (Å²) in [5.41, 5.74) is 4.40. The van der Waals surface area contributed by atoms with Crippen LogP contribution in [0.3, 0.4) is 0 Å². The molecule has 3 aromatic rings. The van der Waals surface area contributed by atoms with Crippen molar-refractivity contribution in [3.05, 3.63) is 70.4 Å². The van der Waals surface area contributed by atoms with Crippen molar-refractivity contribution in [3.63, 3.8) is 0 Å². The van der Waals surface area contributed by atoms with Crippen LogP contribution in [0.2, 0.25) is 5.02 Å². The van der Waals surface area contributed by atoms with E-state index in [4.69, 9.17) is 16.3 Å². The number of aromatic amines is 1. The van der Waals surface area contributed by atoms with Gasteiger partial charge in [-0.25, -0.2) is 0 Å². The molecular weight excluding hydrogens is 324 g/mol. The molecule has 0 spiro atoms. The van der Waals surface area contributed by atoms with Gasteiger partial charge in [0.25, 0.3) is 0 Å². The third-order valence-corrected chi connectivity index (χ3v) is 4.85. The molecule has 1 aliphatic rings. The summed E-state index contributed by atoms with van der Waals surface area (Å²) >= 11 is 6.01. The highest BCUT2D eigenvalue weighted by Crippen LogP contribution is 2.35. The number of halogens is 1. The molecule has 1 aliphatic heterocycles. The quantitative estimate of drug-likeness (QED) is 0.701. The van der Waals surface area contributed by atoms with Crippen molar-refractivity contribution in [2.45, 2.75) is 18.5 Å². The van der Waals surface area contributed by atoms with Gasteiger partial charge in [-0.3, -0.25) is 10.1 Å². The van der Waals surface area contributed by atoms with E-state index < -0.39 is 0 Å². The lowest BCUT2D eigenvalue weighted by atomic mass is 9.90. The first-order valence-corrected chi connectivity index (χ1v) is 8.24. The molecule has 5 heteroatoms. The van der Waals surface area contributed by atoms with Crippen LogP contribution in [-0.2, 0) is 16.0 Å². The minimum atomic E-state index is -0.373. The largest absolute Gasteiger partial charge is 0.468 e. The fourth-order valence-corrected chi connectivity index (χ4v) is 3.57. The van der Waals surface area contributed by atoms with Crippen LogP contribution < -0.4 is 5.32 Å². The maximum absolute atomic E-state index is 12.1. The van der Waals surface area contributed by atoms with Gasteiger partial charge in [-0.05, 0) is 29.3 Å². The SMILES string of the molecule is COC(=O)[C@@H]1Cc2c([nH]c3ccccc23)[C@@H](c2ccc(Cl)cc2)N1. The van der Waals surface area contributed by atoms with E-state index in [0.29, 0.717) is 11.4 Å². The summed E-state index contributed by atoms with van der Waals surface area (Å²) in [6, 6.07) is 15.4. The lowest BCUT2D eigenvalue weighted by Crippen LogP contribution is -2.45. The molecule has 0 saturated heterocycles. The Morgan fingerprint density at radius 3 is 2.67 bits per heavy atom. The molecule has 24 heavy (non-hydrogen) atoms. The Hall–Kier alpha value is -2.30. The van der Waals surface area contributed by atoms with E-state index in [1.807, 2.05) is 36.4 Å². The fraction of sp³-hybridized carbons (Fsp3) is 0.211. The molecule has 2 N–H and O–H groups in total. The molecular formula is C19H17ClN2O2. The number of hydrogen-bond acceptors (Lipinski definition) is 3. The van der Waals surface area contributed by atoms with E-state index in [9.17, 15) is 4.79 Å². The summed E-state index contributed by atoms with van der Waals surface area (Å²) in [4.78, 5) is 15.7. The third kappa shape index (κ3) is 2.48. The number of nitrogens with one attached hydrogen (secondary N) is 2. The molecule has 4 rings (SSSR count). The number of aromatic nitrogens is 1. The second kappa shape index (κ2) is 5.96. The van der Waals surface area contributed by atoms with Crippen molar-refractivity contribution in [3.8, 4) is 0 Å². The number of methoxy groups -OCH3 is 1. The maximum Gasteiger partial charge on any atom is 0.323 e. The number of esters is 1. The Bertz CT molecular complexity index is 901. The fourth-order valence-electron chi connectivity index (χ4n) is 3.45. The number of fused-ring (bicyclic) bond motifs is 3. The number of para-hydroxylation sites is 1. The monoisotopic (exact) mass is 340 g/mol. The van der Waals surface area contributed by atoms with Gasteiger partial charge in [-0.15, -0.1) is 0 Å². The zero-order valence-corrected chi connectivity index (χ0v) is 13.9. The van der Waals surface area contributed by atoms with Crippen molar-refractivity contribution in [1.82, 2.24) is 10.3 Å². The average molecular weight is 341 g/mol. The Labute approximate surface area is 144 Å². The lowest BCUT2D eigenvalue weighted by molar-refractivity contribution is -0.143. The first-order chi connectivity index (χ1) is 11.7.